The number of carbonyl (C=O) groups is 1. The highest BCUT2D eigenvalue weighted by molar-refractivity contribution is 5.93. The van der Waals surface area contributed by atoms with E-state index in [0.29, 0.717) is 26.1 Å². The molecule has 0 aromatic carbocycles. The Kier molecular flexibility index (Phi) is 4.71. The average Bonchev–Trinajstić information content (AvgIpc) is 2.30. The van der Waals surface area contributed by atoms with E-state index in [-0.39, 0.29) is 11.2 Å². The summed E-state index contributed by atoms with van der Waals surface area (Å²) in [6, 6.07) is 1.97. The lowest BCUT2D eigenvalue weighted by atomic mass is 9.87. The summed E-state index contributed by atoms with van der Waals surface area (Å²) in [5.41, 5.74) is 0.763. The lowest BCUT2D eigenvalue weighted by Gasteiger charge is -2.34. The second-order valence-corrected chi connectivity index (χ2v) is 4.39. The number of nitrogens with zero attached hydrogens (tertiary/aromatic N) is 1. The number of esters is 1. The molecule has 0 aromatic heterocycles. The molecule has 0 aromatic rings. The Labute approximate surface area is 102 Å². The van der Waals surface area contributed by atoms with Gasteiger partial charge in [-0.25, -0.2) is 4.79 Å². The van der Waals surface area contributed by atoms with Gasteiger partial charge in [0.05, 0.1) is 18.8 Å². The number of carbonyl (C=O) groups excluding carboxylic acids is 1. The van der Waals surface area contributed by atoms with Gasteiger partial charge in [0.1, 0.15) is 11.6 Å². The highest BCUT2D eigenvalue weighted by Crippen LogP contribution is 2.32. The van der Waals surface area contributed by atoms with Gasteiger partial charge >= 0.3 is 5.97 Å². The predicted octanol–water partition coefficient (Wildman–Crippen LogP) is 2.35. The van der Waals surface area contributed by atoms with Crippen molar-refractivity contribution in [2.75, 3.05) is 13.2 Å². The molecular weight excluding hydrogens is 218 g/mol. The van der Waals surface area contributed by atoms with Crippen LogP contribution >= 0.6 is 0 Å². The molecule has 4 nitrogen and oxygen atoms in total. The van der Waals surface area contributed by atoms with Gasteiger partial charge in [0, 0.05) is 0 Å². The summed E-state index contributed by atoms with van der Waals surface area (Å²) in [7, 11) is 0. The van der Waals surface area contributed by atoms with Crippen LogP contribution in [0.25, 0.3) is 0 Å². The molecule has 0 radical (unpaired) electrons. The summed E-state index contributed by atoms with van der Waals surface area (Å²) in [6.45, 7) is 6.63. The molecule has 0 N–H and O–H groups in total. The third-order valence-corrected chi connectivity index (χ3v) is 3.13. The van der Waals surface area contributed by atoms with Crippen LogP contribution in [0.5, 0.6) is 0 Å². The minimum absolute atomic E-state index is 0.162. The van der Waals surface area contributed by atoms with Crippen molar-refractivity contribution in [1.82, 2.24) is 0 Å². The molecule has 1 fully saturated rings. The zero-order valence-corrected chi connectivity index (χ0v) is 10.7. The monoisotopic (exact) mass is 237 g/mol. The minimum atomic E-state index is -0.509. The van der Waals surface area contributed by atoms with E-state index in [1.807, 2.05) is 19.9 Å². The average molecular weight is 237 g/mol. The van der Waals surface area contributed by atoms with E-state index in [0.717, 1.165) is 12.0 Å². The molecule has 1 atom stereocenters. The van der Waals surface area contributed by atoms with Crippen LogP contribution in [0.15, 0.2) is 11.1 Å². The van der Waals surface area contributed by atoms with Gasteiger partial charge in [-0.15, -0.1) is 0 Å². The zero-order chi connectivity index (χ0) is 12.9. The summed E-state index contributed by atoms with van der Waals surface area (Å²) in [6.07, 6.45) is 2.13. The fraction of sp³-hybridized carbons (Fsp3) is 0.692. The van der Waals surface area contributed by atoms with Crippen molar-refractivity contribution >= 4 is 5.97 Å². The van der Waals surface area contributed by atoms with Gasteiger partial charge in [-0.1, -0.05) is 6.92 Å². The Bertz CT molecular complexity index is 367. The topological polar surface area (TPSA) is 59.3 Å². The SMILES string of the molecule is CCOC(=O)/C(C#N)=C1/CCO[C@](C)(CC)C1. The maximum Gasteiger partial charge on any atom is 0.348 e. The Hall–Kier alpha value is -1.34. The Morgan fingerprint density at radius 2 is 2.29 bits per heavy atom. The first kappa shape index (κ1) is 13.7. The second kappa shape index (κ2) is 5.83. The predicted molar refractivity (Wildman–Crippen MR) is 63.2 cm³/mol. The lowest BCUT2D eigenvalue weighted by Crippen LogP contribution is -2.34. The minimum Gasteiger partial charge on any atom is -0.462 e. The van der Waals surface area contributed by atoms with Crippen molar-refractivity contribution in [2.45, 2.75) is 45.6 Å². The summed E-state index contributed by atoms with van der Waals surface area (Å²) >= 11 is 0. The Balaban J connectivity index is 2.94. The summed E-state index contributed by atoms with van der Waals surface area (Å²) in [4.78, 5) is 11.6. The molecule has 4 heteroatoms. The third kappa shape index (κ3) is 3.31. The summed E-state index contributed by atoms with van der Waals surface area (Å²) in [5.74, 6) is -0.509. The molecule has 0 spiro atoms. The van der Waals surface area contributed by atoms with Crippen LogP contribution < -0.4 is 0 Å². The van der Waals surface area contributed by atoms with E-state index in [1.54, 1.807) is 6.92 Å². The Morgan fingerprint density at radius 3 is 2.82 bits per heavy atom. The second-order valence-electron chi connectivity index (χ2n) is 4.39. The van der Waals surface area contributed by atoms with Crippen LogP contribution in [0.3, 0.4) is 0 Å². The van der Waals surface area contributed by atoms with Crippen LogP contribution in [0.4, 0.5) is 0 Å². The van der Waals surface area contributed by atoms with Crippen molar-refractivity contribution in [3.05, 3.63) is 11.1 Å². The van der Waals surface area contributed by atoms with Crippen molar-refractivity contribution in [3.63, 3.8) is 0 Å². The number of hydrogen-bond acceptors (Lipinski definition) is 4. The molecule has 0 bridgehead atoms. The van der Waals surface area contributed by atoms with Crippen molar-refractivity contribution in [3.8, 4) is 6.07 Å². The molecule has 0 saturated carbocycles. The van der Waals surface area contributed by atoms with Gasteiger partial charge in [0.2, 0.25) is 0 Å². The number of rotatable bonds is 3. The first-order chi connectivity index (χ1) is 8.06. The normalized spacial score (nSPS) is 27.2. The van der Waals surface area contributed by atoms with Gasteiger partial charge in [-0.3, -0.25) is 0 Å². The molecule has 1 aliphatic rings. The standard InChI is InChI=1S/C13H19NO3/c1-4-13(3)8-10(6-7-17-13)11(9-14)12(15)16-5-2/h4-8H2,1-3H3/b11-10-/t13-/m1/s1. The largest absolute Gasteiger partial charge is 0.462 e. The maximum absolute atomic E-state index is 11.6. The molecule has 1 saturated heterocycles. The lowest BCUT2D eigenvalue weighted by molar-refractivity contribution is -0.138. The third-order valence-electron chi connectivity index (χ3n) is 3.13. The number of nitriles is 1. The number of hydrogen-bond donors (Lipinski definition) is 0. The fourth-order valence-electron chi connectivity index (χ4n) is 1.92. The quantitative estimate of drug-likeness (QED) is 0.429. The summed E-state index contributed by atoms with van der Waals surface area (Å²) < 4.78 is 10.6. The first-order valence-corrected chi connectivity index (χ1v) is 5.99. The molecule has 94 valence electrons. The molecule has 0 unspecified atom stereocenters. The van der Waals surface area contributed by atoms with Gasteiger partial charge < -0.3 is 9.47 Å². The van der Waals surface area contributed by atoms with Crippen LogP contribution in [0.2, 0.25) is 0 Å². The maximum atomic E-state index is 11.6. The van der Waals surface area contributed by atoms with E-state index in [4.69, 9.17) is 14.7 Å². The van der Waals surface area contributed by atoms with E-state index < -0.39 is 5.97 Å². The van der Waals surface area contributed by atoms with Crippen molar-refractivity contribution < 1.29 is 14.3 Å². The van der Waals surface area contributed by atoms with Gasteiger partial charge in [0.15, 0.2) is 0 Å². The van der Waals surface area contributed by atoms with Crippen LogP contribution in [-0.4, -0.2) is 24.8 Å². The van der Waals surface area contributed by atoms with Gasteiger partial charge in [-0.05, 0) is 38.7 Å². The molecular formula is C13H19NO3. The molecule has 1 heterocycles. The molecule has 0 aliphatic carbocycles. The van der Waals surface area contributed by atoms with E-state index in [9.17, 15) is 4.79 Å². The van der Waals surface area contributed by atoms with E-state index in [1.165, 1.54) is 0 Å². The highest BCUT2D eigenvalue weighted by Gasteiger charge is 2.31. The zero-order valence-electron chi connectivity index (χ0n) is 10.7. The van der Waals surface area contributed by atoms with Gasteiger partial charge in [-0.2, -0.15) is 5.26 Å². The van der Waals surface area contributed by atoms with Gasteiger partial charge in [0.25, 0.3) is 0 Å². The van der Waals surface area contributed by atoms with Crippen molar-refractivity contribution in [2.24, 2.45) is 0 Å². The molecule has 0 amide bonds. The fourth-order valence-corrected chi connectivity index (χ4v) is 1.92. The highest BCUT2D eigenvalue weighted by atomic mass is 16.5. The van der Waals surface area contributed by atoms with Crippen molar-refractivity contribution in [1.29, 1.82) is 5.26 Å². The number of ether oxygens (including phenoxy) is 2. The smallest absolute Gasteiger partial charge is 0.348 e. The summed E-state index contributed by atoms with van der Waals surface area (Å²) in [5, 5.41) is 9.07. The Morgan fingerprint density at radius 1 is 1.59 bits per heavy atom. The van der Waals surface area contributed by atoms with Crippen LogP contribution in [0.1, 0.15) is 40.0 Å². The van der Waals surface area contributed by atoms with E-state index in [2.05, 4.69) is 0 Å². The molecule has 17 heavy (non-hydrogen) atoms. The molecule has 1 rings (SSSR count). The van der Waals surface area contributed by atoms with Crippen LogP contribution in [-0.2, 0) is 14.3 Å². The first-order valence-electron chi connectivity index (χ1n) is 5.99. The van der Waals surface area contributed by atoms with Crippen LogP contribution in [0, 0.1) is 11.3 Å². The molecule has 1 aliphatic heterocycles. The van der Waals surface area contributed by atoms with E-state index >= 15 is 0 Å².